The predicted molar refractivity (Wildman–Crippen MR) is 107 cm³/mol. The molecule has 0 aliphatic heterocycles. The Morgan fingerprint density at radius 3 is 2.22 bits per heavy atom. The van der Waals surface area contributed by atoms with E-state index in [0.717, 1.165) is 23.4 Å². The van der Waals surface area contributed by atoms with Gasteiger partial charge in [-0.05, 0) is 49.7 Å². The maximum absolute atomic E-state index is 11.6. The Bertz CT molecular complexity index is 1010. The second kappa shape index (κ2) is 8.13. The Hall–Kier alpha value is -3.00. The van der Waals surface area contributed by atoms with E-state index >= 15 is 0 Å². The van der Waals surface area contributed by atoms with Crippen molar-refractivity contribution in [2.45, 2.75) is 20.3 Å². The van der Waals surface area contributed by atoms with Gasteiger partial charge in [0, 0.05) is 41.1 Å². The largest absolute Gasteiger partial charge is 0.340 e. The van der Waals surface area contributed by atoms with E-state index in [-0.39, 0.29) is 5.75 Å². The zero-order valence-electron chi connectivity index (χ0n) is 15.2. The van der Waals surface area contributed by atoms with Crippen molar-refractivity contribution < 1.29 is 8.42 Å². The molecule has 0 fully saturated rings. The highest BCUT2D eigenvalue weighted by Crippen LogP contribution is 2.22. The van der Waals surface area contributed by atoms with Crippen LogP contribution in [-0.2, 0) is 16.4 Å². The van der Waals surface area contributed by atoms with Crippen LogP contribution in [0.5, 0.6) is 0 Å². The molecule has 3 aromatic rings. The van der Waals surface area contributed by atoms with Crippen LogP contribution in [0.15, 0.2) is 54.9 Å². The van der Waals surface area contributed by atoms with Gasteiger partial charge in [-0.3, -0.25) is 9.71 Å². The first-order valence-electron chi connectivity index (χ1n) is 8.65. The molecule has 0 atom stereocenters. The number of benzene rings is 1. The molecule has 0 unspecified atom stereocenters. The normalized spacial score (nSPS) is 11.2. The van der Waals surface area contributed by atoms with Crippen molar-refractivity contribution in [1.29, 1.82) is 0 Å². The molecule has 0 saturated heterocycles. The zero-order chi connectivity index (χ0) is 19.3. The Kier molecular flexibility index (Phi) is 5.66. The van der Waals surface area contributed by atoms with E-state index in [9.17, 15) is 8.42 Å². The SMILES string of the molecule is CCc1cc(Nc2ccc(NS(=O)(=O)CC)cc2)nc(-c2ccncc2)n1. The van der Waals surface area contributed by atoms with Crippen molar-refractivity contribution in [3.63, 3.8) is 0 Å². The number of rotatable bonds is 7. The summed E-state index contributed by atoms with van der Waals surface area (Å²) in [5.74, 6) is 1.34. The molecular formula is C19H21N5O2S. The number of nitrogens with zero attached hydrogens (tertiary/aromatic N) is 3. The summed E-state index contributed by atoms with van der Waals surface area (Å²) in [6.07, 6.45) is 4.20. The number of aromatic nitrogens is 3. The first-order valence-corrected chi connectivity index (χ1v) is 10.3. The molecule has 0 saturated carbocycles. The highest BCUT2D eigenvalue weighted by Gasteiger charge is 2.08. The molecule has 0 spiro atoms. The standard InChI is InChI=1S/C19H21N5O2S/c1-3-15-13-18(23-19(22-15)14-9-11-20-12-10-14)21-16-5-7-17(8-6-16)24-27(25,26)4-2/h5-13,24H,3-4H2,1-2H3,(H,21,22,23). The fourth-order valence-electron chi connectivity index (χ4n) is 2.39. The third-order valence-electron chi connectivity index (χ3n) is 3.89. The number of sulfonamides is 1. The molecule has 0 radical (unpaired) electrons. The summed E-state index contributed by atoms with van der Waals surface area (Å²) in [4.78, 5) is 13.2. The average molecular weight is 383 g/mol. The van der Waals surface area contributed by atoms with Crippen molar-refractivity contribution in [1.82, 2.24) is 15.0 Å². The Labute approximate surface area is 159 Å². The molecule has 3 rings (SSSR count). The van der Waals surface area contributed by atoms with Crippen molar-refractivity contribution in [2.24, 2.45) is 0 Å². The van der Waals surface area contributed by atoms with E-state index in [0.29, 0.717) is 17.3 Å². The molecule has 0 bridgehead atoms. The van der Waals surface area contributed by atoms with Crippen molar-refractivity contribution >= 4 is 27.2 Å². The lowest BCUT2D eigenvalue weighted by Crippen LogP contribution is -2.14. The van der Waals surface area contributed by atoms with E-state index in [4.69, 9.17) is 0 Å². The average Bonchev–Trinajstić information content (AvgIpc) is 2.69. The molecular weight excluding hydrogens is 362 g/mol. The van der Waals surface area contributed by atoms with Gasteiger partial charge in [0.1, 0.15) is 5.82 Å². The molecule has 1 aromatic carbocycles. The van der Waals surface area contributed by atoms with Gasteiger partial charge in [-0.1, -0.05) is 6.92 Å². The molecule has 7 nitrogen and oxygen atoms in total. The van der Waals surface area contributed by atoms with E-state index in [1.165, 1.54) is 0 Å². The van der Waals surface area contributed by atoms with E-state index < -0.39 is 10.0 Å². The van der Waals surface area contributed by atoms with Gasteiger partial charge < -0.3 is 5.32 Å². The summed E-state index contributed by atoms with van der Waals surface area (Å²) in [6, 6.07) is 12.7. The molecule has 0 aliphatic carbocycles. The molecule has 2 N–H and O–H groups in total. The number of hydrogen-bond donors (Lipinski definition) is 2. The van der Waals surface area contributed by atoms with Crippen molar-refractivity contribution in [3.8, 4) is 11.4 Å². The van der Waals surface area contributed by atoms with Gasteiger partial charge in [0.05, 0.1) is 5.75 Å². The van der Waals surface area contributed by atoms with Gasteiger partial charge in [0.25, 0.3) is 0 Å². The maximum atomic E-state index is 11.6. The molecule has 2 heterocycles. The molecule has 140 valence electrons. The summed E-state index contributed by atoms with van der Waals surface area (Å²) >= 11 is 0. The van der Waals surface area contributed by atoms with Crippen molar-refractivity contribution in [3.05, 3.63) is 60.6 Å². The second-order valence-electron chi connectivity index (χ2n) is 5.87. The lowest BCUT2D eigenvalue weighted by atomic mass is 10.2. The van der Waals surface area contributed by atoms with Crippen LogP contribution in [-0.4, -0.2) is 29.1 Å². The first-order chi connectivity index (χ1) is 13.0. The number of aryl methyl sites for hydroxylation is 1. The third-order valence-corrected chi connectivity index (χ3v) is 5.20. The Morgan fingerprint density at radius 2 is 1.59 bits per heavy atom. The van der Waals surface area contributed by atoms with Crippen LogP contribution in [0.1, 0.15) is 19.5 Å². The van der Waals surface area contributed by atoms with Crippen LogP contribution in [0.4, 0.5) is 17.2 Å². The van der Waals surface area contributed by atoms with Crippen LogP contribution in [0.2, 0.25) is 0 Å². The Balaban J connectivity index is 1.83. The minimum Gasteiger partial charge on any atom is -0.340 e. The number of nitrogens with one attached hydrogen (secondary N) is 2. The number of anilines is 3. The van der Waals surface area contributed by atoms with Crippen molar-refractivity contribution in [2.75, 3.05) is 15.8 Å². The van der Waals surface area contributed by atoms with Gasteiger partial charge in [-0.25, -0.2) is 18.4 Å². The fraction of sp³-hybridized carbons (Fsp3) is 0.211. The quantitative estimate of drug-likeness (QED) is 0.647. The summed E-state index contributed by atoms with van der Waals surface area (Å²) in [5.41, 5.74) is 3.15. The lowest BCUT2D eigenvalue weighted by molar-refractivity contribution is 0.602. The van der Waals surface area contributed by atoms with Gasteiger partial charge in [0.15, 0.2) is 5.82 Å². The monoisotopic (exact) mass is 383 g/mol. The smallest absolute Gasteiger partial charge is 0.232 e. The lowest BCUT2D eigenvalue weighted by Gasteiger charge is -2.11. The maximum Gasteiger partial charge on any atom is 0.232 e. The molecule has 0 amide bonds. The van der Waals surface area contributed by atoms with Gasteiger partial charge in [-0.2, -0.15) is 0 Å². The van der Waals surface area contributed by atoms with Gasteiger partial charge in [0.2, 0.25) is 10.0 Å². The summed E-state index contributed by atoms with van der Waals surface area (Å²) in [6.45, 7) is 3.64. The van der Waals surface area contributed by atoms with Gasteiger partial charge in [-0.15, -0.1) is 0 Å². The highest BCUT2D eigenvalue weighted by atomic mass is 32.2. The molecule has 27 heavy (non-hydrogen) atoms. The van der Waals surface area contributed by atoms with Crippen LogP contribution < -0.4 is 10.0 Å². The predicted octanol–water partition coefficient (Wildman–Crippen LogP) is 3.61. The summed E-state index contributed by atoms with van der Waals surface area (Å²) in [7, 11) is -3.29. The zero-order valence-corrected chi connectivity index (χ0v) is 16.0. The Morgan fingerprint density at radius 1 is 0.926 bits per heavy atom. The minimum atomic E-state index is -3.29. The molecule has 2 aromatic heterocycles. The summed E-state index contributed by atoms with van der Waals surface area (Å²) in [5, 5.41) is 3.25. The van der Waals surface area contributed by atoms with E-state index in [2.05, 4.69) is 25.0 Å². The minimum absolute atomic E-state index is 0.0332. The molecule has 8 heteroatoms. The number of hydrogen-bond acceptors (Lipinski definition) is 6. The van der Waals surface area contributed by atoms with Crippen LogP contribution in [0.25, 0.3) is 11.4 Å². The van der Waals surface area contributed by atoms with Gasteiger partial charge >= 0.3 is 0 Å². The van der Waals surface area contributed by atoms with Crippen LogP contribution in [0, 0.1) is 0 Å². The second-order valence-corrected chi connectivity index (χ2v) is 7.88. The highest BCUT2D eigenvalue weighted by molar-refractivity contribution is 7.92. The topological polar surface area (TPSA) is 96.9 Å². The van der Waals surface area contributed by atoms with Crippen LogP contribution >= 0.6 is 0 Å². The van der Waals surface area contributed by atoms with E-state index in [1.807, 2.05) is 25.1 Å². The van der Waals surface area contributed by atoms with E-state index in [1.54, 1.807) is 43.6 Å². The van der Waals surface area contributed by atoms with Crippen LogP contribution in [0.3, 0.4) is 0 Å². The molecule has 0 aliphatic rings. The number of pyridine rings is 1. The summed E-state index contributed by atoms with van der Waals surface area (Å²) < 4.78 is 25.8. The third kappa shape index (κ3) is 5.01. The first kappa shape index (κ1) is 18.8. The fourth-order valence-corrected chi connectivity index (χ4v) is 3.03.